The molecule has 0 aliphatic carbocycles. The van der Waals surface area contributed by atoms with Gasteiger partial charge in [0.25, 0.3) is 0 Å². The Labute approximate surface area is 331 Å². The Bertz CT molecular complexity index is 2270. The normalized spacial score (nSPS) is 14.7. The molecule has 6 aromatic rings. The van der Waals surface area contributed by atoms with Crippen molar-refractivity contribution in [3.8, 4) is 0 Å². The maximum absolute atomic E-state index is 2.57. The number of rotatable bonds is 2. The van der Waals surface area contributed by atoms with Gasteiger partial charge in [-0.3, -0.25) is 0 Å². The second kappa shape index (κ2) is 13.3. The Hall–Kier alpha value is -3.04. The highest BCUT2D eigenvalue weighted by atomic mass is 31.1. The van der Waals surface area contributed by atoms with Crippen LogP contribution in [-0.2, 0) is 32.5 Å². The van der Waals surface area contributed by atoms with Crippen LogP contribution < -0.4 is 10.6 Å². The summed E-state index contributed by atoms with van der Waals surface area (Å²) in [5.41, 5.74) is 9.07. The lowest BCUT2D eigenvalue weighted by Gasteiger charge is -2.30. The second-order valence-corrected chi connectivity index (χ2v) is 24.7. The molecule has 0 aromatic heterocycles. The first-order valence-electron chi connectivity index (χ1n) is 20.2. The van der Waals surface area contributed by atoms with Gasteiger partial charge < -0.3 is 0 Å². The smallest absolute Gasteiger partial charge is 0.0616 e. The zero-order valence-electron chi connectivity index (χ0n) is 36.9. The van der Waals surface area contributed by atoms with Crippen molar-refractivity contribution in [2.75, 3.05) is 0 Å². The molecule has 2 heteroatoms. The summed E-state index contributed by atoms with van der Waals surface area (Å²) in [6, 6.07) is 28.7. The van der Waals surface area contributed by atoms with E-state index in [0.29, 0.717) is 16.4 Å². The third-order valence-corrected chi connectivity index (χ3v) is 14.8. The van der Waals surface area contributed by atoms with E-state index in [0.717, 1.165) is 0 Å². The van der Waals surface area contributed by atoms with E-state index in [-0.39, 0.29) is 32.5 Å². The molecule has 0 saturated heterocycles. The van der Waals surface area contributed by atoms with Gasteiger partial charge in [0, 0.05) is 33.0 Å². The Morgan fingerprint density at radius 3 is 0.778 bits per heavy atom. The molecule has 54 heavy (non-hydrogen) atoms. The molecule has 2 atom stereocenters. The summed E-state index contributed by atoms with van der Waals surface area (Å²) in [6.07, 6.45) is 0. The fraction of sp³-hybridized carbons (Fsp3) is 0.462. The predicted molar refractivity (Wildman–Crippen MR) is 249 cm³/mol. The summed E-state index contributed by atoms with van der Waals surface area (Å²) in [5, 5.41) is 11.6. The van der Waals surface area contributed by atoms with Crippen molar-refractivity contribution in [3.05, 3.63) is 116 Å². The van der Waals surface area contributed by atoms with E-state index >= 15 is 0 Å². The van der Waals surface area contributed by atoms with E-state index in [1.807, 2.05) is 0 Å². The summed E-state index contributed by atoms with van der Waals surface area (Å²) in [5.74, 6) is 0. The highest BCUT2D eigenvalue weighted by Gasteiger charge is 2.36. The Morgan fingerprint density at radius 2 is 0.556 bits per heavy atom. The van der Waals surface area contributed by atoms with Crippen molar-refractivity contribution >= 4 is 59.3 Å². The Kier molecular flexibility index (Phi) is 9.99. The van der Waals surface area contributed by atoms with Gasteiger partial charge in [0.2, 0.25) is 9.88 Å². The second-order valence-electron chi connectivity index (χ2n) is 22.2. The van der Waals surface area contributed by atoms with Gasteiger partial charge in [0.05, 0.1) is 0 Å². The maximum atomic E-state index is 2.57. The topological polar surface area (TPSA) is 0 Å². The summed E-state index contributed by atoms with van der Waals surface area (Å²) in [6.45, 7) is 43.3. The Balaban J connectivity index is 1.93. The molecule has 6 rings (SSSR count). The molecule has 0 heterocycles. The van der Waals surface area contributed by atoms with E-state index in [1.54, 1.807) is 20.5 Å². The maximum Gasteiger partial charge on any atom is 0.205 e. The first-order chi connectivity index (χ1) is 24.6. The van der Waals surface area contributed by atoms with Crippen molar-refractivity contribution in [2.24, 2.45) is 0 Å². The molecule has 6 aromatic carbocycles. The zero-order chi connectivity index (χ0) is 40.1. The van der Waals surface area contributed by atoms with Crippen LogP contribution in [0.5, 0.6) is 0 Å². The van der Waals surface area contributed by atoms with E-state index in [9.17, 15) is 0 Å². The van der Waals surface area contributed by atoms with Gasteiger partial charge in [-0.15, -0.1) is 0 Å². The molecule has 0 radical (unpaired) electrons. The molecule has 0 spiro atoms. The average molecular weight is 755 g/mol. The quantitative estimate of drug-likeness (QED) is 0.122. The number of hydrogen-bond acceptors (Lipinski definition) is 0. The molecule has 0 saturated carbocycles. The third kappa shape index (κ3) is 7.45. The highest BCUT2D eigenvalue weighted by molar-refractivity contribution is 7.42. The van der Waals surface area contributed by atoms with Crippen LogP contribution in [0, 0.1) is 9.88 Å². The van der Waals surface area contributed by atoms with Gasteiger partial charge in [0.1, 0.15) is 16.4 Å². The van der Waals surface area contributed by atoms with Crippen molar-refractivity contribution < 1.29 is 0 Å². The lowest BCUT2D eigenvalue weighted by molar-refractivity contribution is 0.553. The number of benzene rings is 5. The SMILES string of the molecule is CC(C)(C)c1cc(C(C)(C)C)c([PH+]=c2c(=[PH+]c3c(C(C)(C)C)cc(C(C)(C)C)cc3C(C)(C)C)c3c4ccccc4c4ccccc4c23)c(C(C)(C)C)c1. The summed E-state index contributed by atoms with van der Waals surface area (Å²) >= 11 is 0. The molecule has 2 unspecified atom stereocenters. The predicted octanol–water partition coefficient (Wildman–Crippen LogP) is 14.9. The van der Waals surface area contributed by atoms with Crippen molar-refractivity contribution in [1.82, 2.24) is 0 Å². The molecule has 0 amide bonds. The van der Waals surface area contributed by atoms with E-state index in [2.05, 4.69) is 197 Å². The van der Waals surface area contributed by atoms with Gasteiger partial charge in [-0.2, -0.15) is 0 Å². The summed E-state index contributed by atoms with van der Waals surface area (Å²) in [4.78, 5) is 3.15. The first kappa shape index (κ1) is 40.6. The average Bonchev–Trinajstić information content (AvgIpc) is 3.02. The lowest BCUT2D eigenvalue weighted by Crippen LogP contribution is -2.30. The molecule has 0 bridgehead atoms. The minimum absolute atomic E-state index is 0.00618. The van der Waals surface area contributed by atoms with E-state index in [4.69, 9.17) is 0 Å². The third-order valence-electron chi connectivity index (χ3n) is 11.4. The van der Waals surface area contributed by atoms with Crippen LogP contribution in [-0.4, -0.2) is 0 Å². The van der Waals surface area contributed by atoms with Crippen LogP contribution in [0.4, 0.5) is 0 Å². The van der Waals surface area contributed by atoms with Gasteiger partial charge in [-0.1, -0.05) is 197 Å². The van der Waals surface area contributed by atoms with Gasteiger partial charge in [0.15, 0.2) is 10.6 Å². The molecule has 0 N–H and O–H groups in total. The fourth-order valence-corrected chi connectivity index (χ4v) is 12.6. The van der Waals surface area contributed by atoms with Crippen LogP contribution in [0.3, 0.4) is 0 Å². The monoisotopic (exact) mass is 754 g/mol. The van der Waals surface area contributed by atoms with Crippen molar-refractivity contribution in [3.63, 3.8) is 0 Å². The number of fused-ring (bicyclic) bond motifs is 6. The van der Waals surface area contributed by atoms with Crippen LogP contribution in [0.25, 0.3) is 32.3 Å². The highest BCUT2D eigenvalue weighted by Crippen LogP contribution is 2.46. The van der Waals surface area contributed by atoms with Crippen LogP contribution in [0.15, 0.2) is 72.8 Å². The van der Waals surface area contributed by atoms with Crippen LogP contribution in [0.1, 0.15) is 158 Å². The number of hydrogen-bond donors (Lipinski definition) is 0. The zero-order valence-corrected chi connectivity index (χ0v) is 38.9. The Morgan fingerprint density at radius 1 is 0.315 bits per heavy atom. The minimum atomic E-state index is 0.00618. The standard InChI is InChI=1S/C52H66P2/c1-47(2,3)31-27-37(49(7,8)9)43(38(28-31)50(10,11)12)53-45-41-35-25-21-19-23-33(35)34-24-20-22-26-36(34)42(41)46(45)54-44-39(51(13,14)15)29-32(48(4,5)6)30-40(44)52(16,17)18/h19-30H,1-18H3/p+2. The molecule has 284 valence electrons. The van der Waals surface area contributed by atoms with Gasteiger partial charge in [-0.05, 0) is 65.2 Å². The van der Waals surface area contributed by atoms with Crippen molar-refractivity contribution in [1.29, 1.82) is 0 Å². The van der Waals surface area contributed by atoms with Crippen LogP contribution in [0.2, 0.25) is 0 Å². The minimum Gasteiger partial charge on any atom is -0.0616 e. The van der Waals surface area contributed by atoms with E-state index < -0.39 is 0 Å². The molecular weight excluding hydrogens is 687 g/mol. The first-order valence-corrected chi connectivity index (χ1v) is 22.2. The molecule has 0 aliphatic heterocycles. The van der Waals surface area contributed by atoms with Gasteiger partial charge >= 0.3 is 0 Å². The van der Waals surface area contributed by atoms with Crippen molar-refractivity contribution in [2.45, 2.75) is 157 Å². The molecule has 0 nitrogen and oxygen atoms in total. The lowest BCUT2D eigenvalue weighted by atomic mass is 9.75. The largest absolute Gasteiger partial charge is 0.205 e. The van der Waals surface area contributed by atoms with Gasteiger partial charge in [-0.25, -0.2) is 0 Å². The summed E-state index contributed by atoms with van der Waals surface area (Å²) < 4.78 is 0. The molecule has 0 aliphatic rings. The summed E-state index contributed by atoms with van der Waals surface area (Å²) in [7, 11) is 1.13. The fourth-order valence-electron chi connectivity index (χ4n) is 8.13. The van der Waals surface area contributed by atoms with E-state index in [1.165, 1.54) is 65.7 Å². The molecule has 0 fully saturated rings. The van der Waals surface area contributed by atoms with Crippen LogP contribution >= 0.6 is 16.4 Å². The molecular formula is C52H68P2+2.